The summed E-state index contributed by atoms with van der Waals surface area (Å²) in [7, 11) is 0. The van der Waals surface area contributed by atoms with Crippen LogP contribution in [0.25, 0.3) is 0 Å². The van der Waals surface area contributed by atoms with Crippen molar-refractivity contribution in [3.8, 4) is 0 Å². The molecule has 3 N–H and O–H groups in total. The van der Waals surface area contributed by atoms with Crippen molar-refractivity contribution in [2.75, 3.05) is 10.6 Å². The summed E-state index contributed by atoms with van der Waals surface area (Å²) in [6, 6.07) is 9.22. The van der Waals surface area contributed by atoms with Crippen LogP contribution in [0.5, 0.6) is 0 Å². The number of benzene rings is 2. The second-order valence-electron chi connectivity index (χ2n) is 7.24. The fourth-order valence-electron chi connectivity index (χ4n) is 3.40. The summed E-state index contributed by atoms with van der Waals surface area (Å²) >= 11 is 18.0. The number of carbonyl (C=O) groups is 2. The molecule has 2 aromatic rings. The summed E-state index contributed by atoms with van der Waals surface area (Å²) in [5, 5.41) is 9.47. The zero-order chi connectivity index (χ0) is 21.0. The average Bonchev–Trinajstić information content (AvgIpc) is 2.68. The van der Waals surface area contributed by atoms with E-state index in [-0.39, 0.29) is 11.9 Å². The number of anilines is 2. The van der Waals surface area contributed by atoms with Crippen LogP contribution in [0.2, 0.25) is 15.1 Å². The van der Waals surface area contributed by atoms with E-state index in [1.54, 1.807) is 36.4 Å². The predicted octanol–water partition coefficient (Wildman–Crippen LogP) is 6.60. The molecular formula is C21H22Cl3N3O2. The number of carbonyl (C=O) groups excluding carboxylic acids is 2. The fraction of sp³-hybridized carbons (Fsp3) is 0.333. The number of nitrogens with one attached hydrogen (secondary N) is 3. The van der Waals surface area contributed by atoms with Gasteiger partial charge in [-0.15, -0.1) is 0 Å². The summed E-state index contributed by atoms with van der Waals surface area (Å²) in [5.74, 6) is 0.280. The van der Waals surface area contributed by atoms with E-state index in [1.807, 2.05) is 0 Å². The van der Waals surface area contributed by atoms with Gasteiger partial charge in [-0.1, -0.05) is 54.6 Å². The third kappa shape index (κ3) is 5.78. The van der Waals surface area contributed by atoms with Gasteiger partial charge < -0.3 is 16.0 Å². The first-order valence-electron chi connectivity index (χ1n) is 9.47. The van der Waals surface area contributed by atoms with E-state index in [4.69, 9.17) is 34.8 Å². The molecule has 1 aliphatic carbocycles. The smallest absolute Gasteiger partial charge is 0.323 e. The molecule has 0 aromatic heterocycles. The van der Waals surface area contributed by atoms with Crippen molar-refractivity contribution in [3.63, 3.8) is 0 Å². The van der Waals surface area contributed by atoms with Crippen molar-refractivity contribution in [3.05, 3.63) is 57.0 Å². The van der Waals surface area contributed by atoms with Gasteiger partial charge in [-0.2, -0.15) is 0 Å². The van der Waals surface area contributed by atoms with Crippen molar-refractivity contribution in [1.29, 1.82) is 0 Å². The van der Waals surface area contributed by atoms with Crippen molar-refractivity contribution in [2.45, 2.75) is 38.6 Å². The van der Waals surface area contributed by atoms with E-state index < -0.39 is 6.03 Å². The van der Waals surface area contributed by atoms with Gasteiger partial charge in [0.25, 0.3) is 5.91 Å². The van der Waals surface area contributed by atoms with E-state index in [0.717, 1.165) is 19.3 Å². The molecule has 154 valence electrons. The molecule has 0 saturated heterocycles. The number of amides is 3. The van der Waals surface area contributed by atoms with Gasteiger partial charge in [-0.25, -0.2) is 4.79 Å². The minimum Gasteiger partial charge on any atom is -0.349 e. The first-order valence-corrected chi connectivity index (χ1v) is 10.6. The Morgan fingerprint density at radius 3 is 2.34 bits per heavy atom. The quantitative estimate of drug-likeness (QED) is 0.487. The Kier molecular flexibility index (Phi) is 7.28. The lowest BCUT2D eigenvalue weighted by atomic mass is 9.86. The Morgan fingerprint density at radius 1 is 0.897 bits per heavy atom. The van der Waals surface area contributed by atoms with Gasteiger partial charge in [0.05, 0.1) is 20.8 Å². The maximum absolute atomic E-state index is 12.7. The highest BCUT2D eigenvalue weighted by atomic mass is 35.5. The molecule has 0 aliphatic heterocycles. The van der Waals surface area contributed by atoms with Crippen LogP contribution in [0.15, 0.2) is 36.4 Å². The average molecular weight is 455 g/mol. The van der Waals surface area contributed by atoms with Crippen LogP contribution < -0.4 is 16.0 Å². The van der Waals surface area contributed by atoms with Crippen LogP contribution in [0, 0.1) is 5.92 Å². The highest BCUT2D eigenvalue weighted by molar-refractivity contribution is 6.42. The van der Waals surface area contributed by atoms with Crippen molar-refractivity contribution >= 4 is 58.1 Å². The second kappa shape index (κ2) is 9.70. The maximum atomic E-state index is 12.7. The number of halogens is 3. The third-order valence-corrected chi connectivity index (χ3v) is 6.15. The minimum absolute atomic E-state index is 0.168. The van der Waals surface area contributed by atoms with Gasteiger partial charge >= 0.3 is 6.03 Å². The molecule has 3 amide bonds. The van der Waals surface area contributed by atoms with E-state index in [0.29, 0.717) is 37.9 Å². The molecule has 0 radical (unpaired) electrons. The van der Waals surface area contributed by atoms with Crippen LogP contribution in [0.3, 0.4) is 0 Å². The van der Waals surface area contributed by atoms with Gasteiger partial charge in [0.1, 0.15) is 0 Å². The predicted molar refractivity (Wildman–Crippen MR) is 119 cm³/mol. The number of rotatable bonds is 4. The molecule has 3 rings (SSSR count). The Bertz CT molecular complexity index is 920. The lowest BCUT2D eigenvalue weighted by Crippen LogP contribution is -2.41. The molecule has 0 heterocycles. The summed E-state index contributed by atoms with van der Waals surface area (Å²) in [5.41, 5.74) is 1.26. The number of urea groups is 1. The van der Waals surface area contributed by atoms with Crippen molar-refractivity contribution < 1.29 is 9.59 Å². The molecule has 1 saturated carbocycles. The van der Waals surface area contributed by atoms with Crippen LogP contribution in [-0.2, 0) is 0 Å². The lowest BCUT2D eigenvalue weighted by Gasteiger charge is -2.29. The van der Waals surface area contributed by atoms with Crippen LogP contribution in [-0.4, -0.2) is 18.0 Å². The second-order valence-corrected chi connectivity index (χ2v) is 8.47. The summed E-state index contributed by atoms with van der Waals surface area (Å²) in [6.45, 7) is 2.16. The molecule has 0 unspecified atom stereocenters. The molecule has 0 bridgehead atoms. The molecule has 29 heavy (non-hydrogen) atoms. The monoisotopic (exact) mass is 453 g/mol. The molecule has 2 atom stereocenters. The van der Waals surface area contributed by atoms with E-state index >= 15 is 0 Å². The van der Waals surface area contributed by atoms with Crippen molar-refractivity contribution in [1.82, 2.24) is 5.32 Å². The van der Waals surface area contributed by atoms with E-state index in [9.17, 15) is 9.59 Å². The third-order valence-electron chi connectivity index (χ3n) is 5.08. The molecule has 1 fully saturated rings. The highest BCUT2D eigenvalue weighted by Gasteiger charge is 2.23. The molecule has 0 spiro atoms. The highest BCUT2D eigenvalue weighted by Crippen LogP contribution is 2.27. The largest absolute Gasteiger partial charge is 0.349 e. The van der Waals surface area contributed by atoms with Gasteiger partial charge in [-0.3, -0.25) is 4.79 Å². The summed E-state index contributed by atoms with van der Waals surface area (Å²) in [6.07, 6.45) is 4.43. The Hall–Kier alpha value is -1.95. The first-order chi connectivity index (χ1) is 13.8. The Morgan fingerprint density at radius 2 is 1.62 bits per heavy atom. The summed E-state index contributed by atoms with van der Waals surface area (Å²) in [4.78, 5) is 25.0. The van der Waals surface area contributed by atoms with Crippen LogP contribution in [0.1, 0.15) is 43.0 Å². The maximum Gasteiger partial charge on any atom is 0.323 e. The minimum atomic E-state index is -0.510. The molecule has 1 aliphatic rings. The van der Waals surface area contributed by atoms with E-state index in [2.05, 4.69) is 22.9 Å². The first kappa shape index (κ1) is 21.8. The van der Waals surface area contributed by atoms with Crippen LogP contribution >= 0.6 is 34.8 Å². The SMILES string of the molecule is C[C@H]1CCCC[C@H]1NC(=O)c1ccc(Cl)c(NC(=O)Nc2ccc(Cl)c(Cl)c2)c1. The molecular weight excluding hydrogens is 433 g/mol. The number of hydrogen-bond donors (Lipinski definition) is 3. The Labute approximate surface area is 185 Å². The normalized spacial score (nSPS) is 18.8. The zero-order valence-electron chi connectivity index (χ0n) is 15.9. The number of hydrogen-bond acceptors (Lipinski definition) is 2. The molecule has 8 heteroatoms. The molecule has 5 nitrogen and oxygen atoms in total. The zero-order valence-corrected chi connectivity index (χ0v) is 18.2. The molecule has 2 aromatic carbocycles. The fourth-order valence-corrected chi connectivity index (χ4v) is 3.87. The van der Waals surface area contributed by atoms with Gasteiger partial charge in [0, 0.05) is 17.3 Å². The van der Waals surface area contributed by atoms with Crippen molar-refractivity contribution in [2.24, 2.45) is 5.92 Å². The van der Waals surface area contributed by atoms with Gasteiger partial charge in [0.2, 0.25) is 0 Å². The van der Waals surface area contributed by atoms with Crippen LogP contribution in [0.4, 0.5) is 16.2 Å². The standard InChI is InChI=1S/C21H22Cl3N3O2/c1-12-4-2-3-5-18(12)26-20(28)13-6-8-16(23)19(10-13)27-21(29)25-14-7-9-15(22)17(24)11-14/h6-12,18H,2-5H2,1H3,(H,26,28)(H2,25,27,29)/t12-,18+/m0/s1. The van der Waals surface area contributed by atoms with Gasteiger partial charge in [-0.05, 0) is 55.2 Å². The van der Waals surface area contributed by atoms with E-state index in [1.165, 1.54) is 6.42 Å². The van der Waals surface area contributed by atoms with Gasteiger partial charge in [0.15, 0.2) is 0 Å². The summed E-state index contributed by atoms with van der Waals surface area (Å²) < 4.78 is 0. The lowest BCUT2D eigenvalue weighted by molar-refractivity contribution is 0.0910. The topological polar surface area (TPSA) is 70.2 Å². The Balaban J connectivity index is 1.67.